The number of carbonyl (C=O) groups excluding carboxylic acids is 1. The third-order valence-electron chi connectivity index (χ3n) is 5.86. The van der Waals surface area contributed by atoms with Gasteiger partial charge in [-0.1, -0.05) is 42.0 Å². The van der Waals surface area contributed by atoms with Gasteiger partial charge in [0.2, 0.25) is 5.91 Å². The lowest BCUT2D eigenvalue weighted by molar-refractivity contribution is -0.122. The van der Waals surface area contributed by atoms with Gasteiger partial charge in [0, 0.05) is 30.7 Å². The largest absolute Gasteiger partial charge is 0.393 e. The van der Waals surface area contributed by atoms with Crippen LogP contribution in [0, 0.1) is 13.8 Å². The van der Waals surface area contributed by atoms with E-state index in [1.807, 2.05) is 18.2 Å². The fourth-order valence-corrected chi connectivity index (χ4v) is 4.22. The highest BCUT2D eigenvalue weighted by Gasteiger charge is 2.19. The molecule has 1 amide bonds. The average Bonchev–Trinajstić information content (AvgIpc) is 3.05. The summed E-state index contributed by atoms with van der Waals surface area (Å²) in [7, 11) is 0. The summed E-state index contributed by atoms with van der Waals surface area (Å²) in [6, 6.07) is 14.7. The fraction of sp³-hybridized carbons (Fsp3) is 0.375. The Hall–Kier alpha value is -2.63. The number of aromatic amines is 1. The molecule has 1 fully saturated rings. The minimum absolute atomic E-state index is 0.0302. The van der Waals surface area contributed by atoms with E-state index in [1.165, 1.54) is 22.1 Å². The molecule has 0 aliphatic carbocycles. The van der Waals surface area contributed by atoms with Crippen molar-refractivity contribution in [2.45, 2.75) is 39.3 Å². The van der Waals surface area contributed by atoms with Crippen molar-refractivity contribution in [1.82, 2.24) is 15.2 Å². The first-order valence-electron chi connectivity index (χ1n) is 10.4. The maximum absolute atomic E-state index is 12.5. The number of aliphatic hydroxyl groups excluding tert-OH is 1. The van der Waals surface area contributed by atoms with Gasteiger partial charge in [-0.25, -0.2) is 0 Å². The van der Waals surface area contributed by atoms with Crippen LogP contribution in [-0.2, 0) is 11.3 Å². The molecule has 1 saturated heterocycles. The number of nitrogens with one attached hydrogen (secondary N) is 2. The zero-order valence-corrected chi connectivity index (χ0v) is 17.2. The quantitative estimate of drug-likeness (QED) is 0.623. The molecule has 0 bridgehead atoms. The maximum atomic E-state index is 12.5. The minimum Gasteiger partial charge on any atom is -0.393 e. The monoisotopic (exact) mass is 391 g/mol. The molecule has 1 aliphatic rings. The summed E-state index contributed by atoms with van der Waals surface area (Å²) >= 11 is 0. The first-order chi connectivity index (χ1) is 14.0. The molecule has 1 aliphatic heterocycles. The SMILES string of the molecule is Cc1cc(CNC(=O)CN2CCC(O)CC2)c2[nH]c(-c3ccccc3)c(C)c2c1. The normalized spacial score (nSPS) is 15.7. The number of rotatable bonds is 5. The maximum Gasteiger partial charge on any atom is 0.234 e. The van der Waals surface area contributed by atoms with Crippen LogP contribution in [0.25, 0.3) is 22.2 Å². The van der Waals surface area contributed by atoms with Gasteiger partial charge in [0.15, 0.2) is 0 Å². The van der Waals surface area contributed by atoms with E-state index in [4.69, 9.17) is 0 Å². The number of benzene rings is 2. The second-order valence-electron chi connectivity index (χ2n) is 8.12. The molecule has 152 valence electrons. The van der Waals surface area contributed by atoms with Crippen molar-refractivity contribution in [3.8, 4) is 11.3 Å². The third kappa shape index (κ3) is 4.36. The van der Waals surface area contributed by atoms with Crippen LogP contribution >= 0.6 is 0 Å². The smallest absolute Gasteiger partial charge is 0.234 e. The van der Waals surface area contributed by atoms with Crippen LogP contribution in [0.4, 0.5) is 0 Å². The van der Waals surface area contributed by atoms with Crippen molar-refractivity contribution in [2.75, 3.05) is 19.6 Å². The fourth-order valence-electron chi connectivity index (χ4n) is 4.22. The van der Waals surface area contributed by atoms with Gasteiger partial charge < -0.3 is 15.4 Å². The van der Waals surface area contributed by atoms with E-state index >= 15 is 0 Å². The molecule has 3 N–H and O–H groups in total. The Labute approximate surface area is 171 Å². The lowest BCUT2D eigenvalue weighted by Crippen LogP contribution is -2.42. The highest BCUT2D eigenvalue weighted by Crippen LogP contribution is 2.32. The molecule has 0 unspecified atom stereocenters. The van der Waals surface area contributed by atoms with Crippen molar-refractivity contribution in [1.29, 1.82) is 0 Å². The van der Waals surface area contributed by atoms with Crippen LogP contribution in [0.5, 0.6) is 0 Å². The van der Waals surface area contributed by atoms with E-state index in [2.05, 4.69) is 53.3 Å². The van der Waals surface area contributed by atoms with Gasteiger partial charge in [0.25, 0.3) is 0 Å². The topological polar surface area (TPSA) is 68.4 Å². The van der Waals surface area contributed by atoms with Crippen LogP contribution in [-0.4, -0.2) is 46.6 Å². The van der Waals surface area contributed by atoms with E-state index in [0.29, 0.717) is 13.1 Å². The second kappa shape index (κ2) is 8.39. The van der Waals surface area contributed by atoms with Gasteiger partial charge in [0.1, 0.15) is 0 Å². The highest BCUT2D eigenvalue weighted by molar-refractivity contribution is 5.93. The number of aliphatic hydroxyl groups is 1. The Bertz CT molecular complexity index is 1000. The summed E-state index contributed by atoms with van der Waals surface area (Å²) < 4.78 is 0. The van der Waals surface area contributed by atoms with Gasteiger partial charge in [-0.3, -0.25) is 9.69 Å². The standard InChI is InChI=1S/C24H29N3O2/c1-16-12-19(14-25-22(29)15-27-10-8-20(28)9-11-27)24-21(13-16)17(2)23(26-24)18-6-4-3-5-7-18/h3-7,12-13,20,26,28H,8-11,14-15H2,1-2H3,(H,25,29). The molecule has 2 heterocycles. The molecule has 2 aromatic carbocycles. The second-order valence-corrected chi connectivity index (χ2v) is 8.12. The van der Waals surface area contributed by atoms with E-state index in [9.17, 15) is 9.90 Å². The summed E-state index contributed by atoms with van der Waals surface area (Å²) in [6.45, 7) is 6.69. The minimum atomic E-state index is -0.218. The molecule has 3 aromatic rings. The highest BCUT2D eigenvalue weighted by atomic mass is 16.3. The van der Waals surface area contributed by atoms with Gasteiger partial charge in [-0.2, -0.15) is 0 Å². The average molecular weight is 392 g/mol. The van der Waals surface area contributed by atoms with E-state index in [-0.39, 0.29) is 12.0 Å². The number of aryl methyl sites for hydroxylation is 2. The van der Waals surface area contributed by atoms with E-state index in [0.717, 1.165) is 42.7 Å². The number of carbonyl (C=O) groups is 1. The van der Waals surface area contributed by atoms with Crippen molar-refractivity contribution in [3.05, 3.63) is 59.2 Å². The summed E-state index contributed by atoms with van der Waals surface area (Å²) in [4.78, 5) is 18.2. The van der Waals surface area contributed by atoms with Crippen molar-refractivity contribution >= 4 is 16.8 Å². The lowest BCUT2D eigenvalue weighted by Gasteiger charge is -2.28. The van der Waals surface area contributed by atoms with Gasteiger partial charge in [-0.15, -0.1) is 0 Å². The zero-order valence-electron chi connectivity index (χ0n) is 17.2. The number of hydrogen-bond donors (Lipinski definition) is 3. The van der Waals surface area contributed by atoms with E-state index in [1.54, 1.807) is 0 Å². The van der Waals surface area contributed by atoms with Crippen LogP contribution in [0.15, 0.2) is 42.5 Å². The Morgan fingerprint density at radius 3 is 2.62 bits per heavy atom. The molecule has 4 rings (SSSR count). The summed E-state index contributed by atoms with van der Waals surface area (Å²) in [6.07, 6.45) is 1.27. The molecule has 0 saturated carbocycles. The summed E-state index contributed by atoms with van der Waals surface area (Å²) in [5.74, 6) is 0.0302. The first-order valence-corrected chi connectivity index (χ1v) is 10.4. The Balaban J connectivity index is 1.52. The number of hydrogen-bond acceptors (Lipinski definition) is 3. The number of amides is 1. The molecular weight excluding hydrogens is 362 g/mol. The molecular formula is C24H29N3O2. The number of piperidine rings is 1. The molecule has 29 heavy (non-hydrogen) atoms. The van der Waals surface area contributed by atoms with Crippen LogP contribution in [0.1, 0.15) is 29.5 Å². The van der Waals surface area contributed by atoms with Gasteiger partial charge in [-0.05, 0) is 49.4 Å². The van der Waals surface area contributed by atoms with E-state index < -0.39 is 0 Å². The molecule has 0 spiro atoms. The third-order valence-corrected chi connectivity index (χ3v) is 5.86. The Kier molecular flexibility index (Phi) is 5.69. The molecule has 5 heteroatoms. The Morgan fingerprint density at radius 2 is 1.90 bits per heavy atom. The van der Waals surface area contributed by atoms with Crippen molar-refractivity contribution in [3.63, 3.8) is 0 Å². The van der Waals surface area contributed by atoms with Crippen LogP contribution in [0.2, 0.25) is 0 Å². The number of fused-ring (bicyclic) bond motifs is 1. The predicted octanol–water partition coefficient (Wildman–Crippen LogP) is 3.52. The van der Waals surface area contributed by atoms with Crippen LogP contribution in [0.3, 0.4) is 0 Å². The predicted molar refractivity (Wildman–Crippen MR) is 117 cm³/mol. The van der Waals surface area contributed by atoms with Crippen LogP contribution < -0.4 is 5.32 Å². The van der Waals surface area contributed by atoms with Crippen molar-refractivity contribution in [2.24, 2.45) is 0 Å². The summed E-state index contributed by atoms with van der Waals surface area (Å²) in [5, 5.41) is 13.9. The van der Waals surface area contributed by atoms with Gasteiger partial charge in [0.05, 0.1) is 18.2 Å². The molecule has 0 atom stereocenters. The first kappa shape index (κ1) is 19.7. The van der Waals surface area contributed by atoms with Crippen molar-refractivity contribution < 1.29 is 9.90 Å². The Morgan fingerprint density at radius 1 is 1.17 bits per heavy atom. The van der Waals surface area contributed by atoms with Gasteiger partial charge >= 0.3 is 0 Å². The molecule has 5 nitrogen and oxygen atoms in total. The number of aromatic nitrogens is 1. The number of H-pyrrole nitrogens is 1. The summed E-state index contributed by atoms with van der Waals surface area (Å²) in [5.41, 5.74) is 6.91. The number of likely N-dealkylation sites (tertiary alicyclic amines) is 1. The molecule has 1 aromatic heterocycles. The zero-order chi connectivity index (χ0) is 20.4. The number of nitrogens with zero attached hydrogens (tertiary/aromatic N) is 1. The molecule has 0 radical (unpaired) electrons. The lowest BCUT2D eigenvalue weighted by atomic mass is 10.0.